The monoisotopic (exact) mass is 196 g/mol. The lowest BCUT2D eigenvalue weighted by molar-refractivity contribution is -0.138. The van der Waals surface area contributed by atoms with Gasteiger partial charge in [-0.3, -0.25) is 4.79 Å². The summed E-state index contributed by atoms with van der Waals surface area (Å²) < 4.78 is 0. The summed E-state index contributed by atoms with van der Waals surface area (Å²) in [5, 5.41) is 8.77. The highest BCUT2D eigenvalue weighted by molar-refractivity contribution is 7.80. The first-order valence-electron chi connectivity index (χ1n) is 4.04. The van der Waals surface area contributed by atoms with Crippen molar-refractivity contribution in [1.82, 2.24) is 0 Å². The molecule has 0 aliphatic heterocycles. The van der Waals surface area contributed by atoms with E-state index in [9.17, 15) is 4.79 Å². The quantitative estimate of drug-likeness (QED) is 0.713. The summed E-state index contributed by atoms with van der Waals surface area (Å²) >= 11 is 4.24. The third-order valence-corrected chi connectivity index (χ3v) is 2.59. The molecule has 0 aliphatic rings. The van der Waals surface area contributed by atoms with E-state index in [2.05, 4.69) is 12.6 Å². The highest BCUT2D eigenvalue weighted by Crippen LogP contribution is 2.21. The lowest BCUT2D eigenvalue weighted by atomic mass is 10.0. The second-order valence-corrected chi connectivity index (χ2v) is 3.59. The smallest absolute Gasteiger partial charge is 0.310 e. The average molecular weight is 196 g/mol. The van der Waals surface area contributed by atoms with E-state index in [0.717, 1.165) is 16.0 Å². The summed E-state index contributed by atoms with van der Waals surface area (Å²) in [5.74, 6) is -1.27. The van der Waals surface area contributed by atoms with E-state index < -0.39 is 11.9 Å². The molecular weight excluding hydrogens is 184 g/mol. The molecule has 1 aromatic rings. The molecule has 1 atom stereocenters. The predicted molar refractivity (Wildman–Crippen MR) is 54.5 cm³/mol. The van der Waals surface area contributed by atoms with Gasteiger partial charge in [-0.1, -0.05) is 12.1 Å². The van der Waals surface area contributed by atoms with Crippen molar-refractivity contribution in [2.75, 3.05) is 0 Å². The molecule has 0 heterocycles. The number of carboxylic acids is 1. The van der Waals surface area contributed by atoms with Crippen LogP contribution in [0.4, 0.5) is 0 Å². The highest BCUT2D eigenvalue weighted by Gasteiger charge is 2.13. The third-order valence-electron chi connectivity index (χ3n) is 2.10. The van der Waals surface area contributed by atoms with Gasteiger partial charge in [-0.25, -0.2) is 0 Å². The number of carboxylic acid groups (broad SMARTS) is 1. The van der Waals surface area contributed by atoms with Crippen molar-refractivity contribution < 1.29 is 9.90 Å². The molecule has 0 radical (unpaired) electrons. The Morgan fingerprint density at radius 1 is 1.54 bits per heavy atom. The number of carbonyl (C=O) groups is 1. The molecule has 0 amide bonds. The summed E-state index contributed by atoms with van der Waals surface area (Å²) in [7, 11) is 0. The van der Waals surface area contributed by atoms with Crippen molar-refractivity contribution in [3.8, 4) is 0 Å². The van der Waals surface area contributed by atoms with Crippen LogP contribution in [0.15, 0.2) is 23.1 Å². The van der Waals surface area contributed by atoms with Gasteiger partial charge in [-0.15, -0.1) is 12.6 Å². The van der Waals surface area contributed by atoms with Gasteiger partial charge in [0.15, 0.2) is 0 Å². The lowest BCUT2D eigenvalue weighted by Gasteiger charge is -2.08. The maximum atomic E-state index is 10.7. The van der Waals surface area contributed by atoms with Crippen LogP contribution in [0.25, 0.3) is 0 Å². The Labute approximate surface area is 83.0 Å². The fourth-order valence-electron chi connectivity index (χ4n) is 1.04. The Balaban J connectivity index is 3.03. The van der Waals surface area contributed by atoms with Crippen molar-refractivity contribution in [1.29, 1.82) is 0 Å². The lowest BCUT2D eigenvalue weighted by Crippen LogP contribution is -2.07. The molecule has 0 saturated carbocycles. The van der Waals surface area contributed by atoms with E-state index in [1.54, 1.807) is 13.0 Å². The number of benzene rings is 1. The average Bonchev–Trinajstić information content (AvgIpc) is 2.08. The van der Waals surface area contributed by atoms with Crippen LogP contribution in [0.3, 0.4) is 0 Å². The Kier molecular flexibility index (Phi) is 2.98. The molecule has 1 rings (SSSR count). The molecule has 1 aromatic carbocycles. The first kappa shape index (κ1) is 10.1. The standard InChI is InChI=1S/C10H12O2S/c1-6-3-4-8(5-9(6)13)7(2)10(11)12/h3-5,7,13H,1-2H3,(H,11,12). The fraction of sp³-hybridized carbons (Fsp3) is 0.300. The van der Waals surface area contributed by atoms with Gasteiger partial charge in [0.25, 0.3) is 0 Å². The van der Waals surface area contributed by atoms with Crippen LogP contribution in [0.2, 0.25) is 0 Å². The van der Waals surface area contributed by atoms with Crippen LogP contribution < -0.4 is 0 Å². The number of rotatable bonds is 2. The van der Waals surface area contributed by atoms with Crippen LogP contribution >= 0.6 is 12.6 Å². The fourth-order valence-corrected chi connectivity index (χ4v) is 1.26. The number of hydrogen-bond acceptors (Lipinski definition) is 2. The SMILES string of the molecule is Cc1ccc(C(C)C(=O)O)cc1S. The zero-order valence-electron chi connectivity index (χ0n) is 7.61. The van der Waals surface area contributed by atoms with Gasteiger partial charge in [0.05, 0.1) is 5.92 Å². The minimum atomic E-state index is -0.809. The minimum absolute atomic E-state index is 0.466. The second kappa shape index (κ2) is 3.83. The first-order valence-corrected chi connectivity index (χ1v) is 4.49. The van der Waals surface area contributed by atoms with Crippen LogP contribution in [0.5, 0.6) is 0 Å². The van der Waals surface area contributed by atoms with Crippen molar-refractivity contribution in [3.63, 3.8) is 0 Å². The first-order chi connectivity index (χ1) is 6.02. The second-order valence-electron chi connectivity index (χ2n) is 3.11. The van der Waals surface area contributed by atoms with E-state index in [1.807, 2.05) is 19.1 Å². The normalized spacial score (nSPS) is 12.5. The van der Waals surface area contributed by atoms with E-state index >= 15 is 0 Å². The zero-order valence-corrected chi connectivity index (χ0v) is 8.51. The van der Waals surface area contributed by atoms with Gasteiger partial charge in [0.1, 0.15) is 0 Å². The summed E-state index contributed by atoms with van der Waals surface area (Å²) in [6.07, 6.45) is 0. The molecule has 3 heteroatoms. The van der Waals surface area contributed by atoms with Gasteiger partial charge in [0.2, 0.25) is 0 Å². The maximum Gasteiger partial charge on any atom is 0.310 e. The maximum absolute atomic E-state index is 10.7. The third kappa shape index (κ3) is 2.25. The molecule has 1 N–H and O–H groups in total. The molecule has 13 heavy (non-hydrogen) atoms. The van der Waals surface area contributed by atoms with Crippen LogP contribution in [-0.2, 0) is 4.79 Å². The van der Waals surface area contributed by atoms with Crippen LogP contribution in [0, 0.1) is 6.92 Å². The van der Waals surface area contributed by atoms with Crippen molar-refractivity contribution in [2.24, 2.45) is 0 Å². The van der Waals surface area contributed by atoms with Crippen molar-refractivity contribution in [3.05, 3.63) is 29.3 Å². The number of hydrogen-bond donors (Lipinski definition) is 2. The highest BCUT2D eigenvalue weighted by atomic mass is 32.1. The Morgan fingerprint density at radius 2 is 2.15 bits per heavy atom. The Bertz CT molecular complexity index is 334. The Morgan fingerprint density at radius 3 is 2.62 bits per heavy atom. The van der Waals surface area contributed by atoms with E-state index in [-0.39, 0.29) is 0 Å². The van der Waals surface area contributed by atoms with Crippen molar-refractivity contribution in [2.45, 2.75) is 24.7 Å². The molecule has 1 unspecified atom stereocenters. The number of thiol groups is 1. The van der Waals surface area contributed by atoms with Gasteiger partial charge >= 0.3 is 5.97 Å². The van der Waals surface area contributed by atoms with E-state index in [1.165, 1.54) is 0 Å². The number of aliphatic carboxylic acids is 1. The molecule has 0 fully saturated rings. The summed E-state index contributed by atoms with van der Waals surface area (Å²) in [4.78, 5) is 11.5. The largest absolute Gasteiger partial charge is 0.481 e. The molecule has 0 spiro atoms. The van der Waals surface area contributed by atoms with Crippen molar-refractivity contribution >= 4 is 18.6 Å². The molecule has 0 saturated heterocycles. The minimum Gasteiger partial charge on any atom is -0.481 e. The van der Waals surface area contributed by atoms with E-state index in [0.29, 0.717) is 0 Å². The molecule has 0 aromatic heterocycles. The van der Waals surface area contributed by atoms with Gasteiger partial charge in [-0.2, -0.15) is 0 Å². The molecule has 0 bridgehead atoms. The van der Waals surface area contributed by atoms with Crippen LogP contribution in [-0.4, -0.2) is 11.1 Å². The molecule has 70 valence electrons. The topological polar surface area (TPSA) is 37.3 Å². The van der Waals surface area contributed by atoms with Gasteiger partial charge in [-0.05, 0) is 31.0 Å². The van der Waals surface area contributed by atoms with Gasteiger partial charge in [0, 0.05) is 4.90 Å². The van der Waals surface area contributed by atoms with E-state index in [4.69, 9.17) is 5.11 Å². The predicted octanol–water partition coefficient (Wildman–Crippen LogP) is 2.47. The summed E-state index contributed by atoms with van der Waals surface area (Å²) in [5.41, 5.74) is 1.85. The van der Waals surface area contributed by atoms with Crippen LogP contribution in [0.1, 0.15) is 24.0 Å². The summed E-state index contributed by atoms with van der Waals surface area (Å²) in [6, 6.07) is 5.52. The molecule has 2 nitrogen and oxygen atoms in total. The van der Waals surface area contributed by atoms with Gasteiger partial charge < -0.3 is 5.11 Å². The Hall–Kier alpha value is -0.960. The zero-order chi connectivity index (χ0) is 10.0. The number of aryl methyl sites for hydroxylation is 1. The molecular formula is C10H12O2S. The summed E-state index contributed by atoms with van der Waals surface area (Å²) in [6.45, 7) is 3.61. The molecule has 0 aliphatic carbocycles.